The number of carbonyl (C=O) groups is 1. The number of halogens is 3. The summed E-state index contributed by atoms with van der Waals surface area (Å²) in [6.45, 7) is 5.61. The topological polar surface area (TPSA) is 66.5 Å². The van der Waals surface area contributed by atoms with Crippen molar-refractivity contribution < 1.29 is 22.7 Å². The van der Waals surface area contributed by atoms with Gasteiger partial charge in [-0.25, -0.2) is 4.98 Å². The molecule has 180 valence electrons. The molecule has 1 atom stereocenters. The third-order valence-corrected chi connectivity index (χ3v) is 6.26. The fourth-order valence-electron chi connectivity index (χ4n) is 3.71. The lowest BCUT2D eigenvalue weighted by atomic mass is 10.1. The highest BCUT2D eigenvalue weighted by atomic mass is 32.1. The first-order valence-corrected chi connectivity index (χ1v) is 11.7. The van der Waals surface area contributed by atoms with Gasteiger partial charge in [0.15, 0.2) is 0 Å². The van der Waals surface area contributed by atoms with Gasteiger partial charge in [-0.3, -0.25) is 4.79 Å². The Morgan fingerprint density at radius 3 is 2.62 bits per heavy atom. The number of ether oxygens (including phenoxy) is 1. The highest BCUT2D eigenvalue weighted by molar-refractivity contribution is 7.09. The first kappa shape index (κ1) is 24.0. The molecule has 2 heterocycles. The summed E-state index contributed by atoms with van der Waals surface area (Å²) in [6.07, 6.45) is -4.51. The Bertz CT molecular complexity index is 1160. The molecule has 0 spiro atoms. The SMILES string of the molecule is Cc1nc(-c2cccc(NC(C)C(=O)Nc3cc(C(F)(F)F)ccc3N3CCOCC3)c2)cs1. The highest BCUT2D eigenvalue weighted by Crippen LogP contribution is 2.36. The molecule has 6 nitrogen and oxygen atoms in total. The fraction of sp³-hybridized carbons (Fsp3) is 0.333. The lowest BCUT2D eigenvalue weighted by Crippen LogP contribution is -2.37. The molecule has 1 fully saturated rings. The maximum Gasteiger partial charge on any atom is 0.416 e. The van der Waals surface area contributed by atoms with Crippen molar-refractivity contribution in [1.82, 2.24) is 4.98 Å². The average Bonchev–Trinajstić information content (AvgIpc) is 3.25. The number of rotatable bonds is 6. The van der Waals surface area contributed by atoms with Crippen molar-refractivity contribution in [3.05, 3.63) is 58.4 Å². The first-order valence-electron chi connectivity index (χ1n) is 10.8. The minimum Gasteiger partial charge on any atom is -0.378 e. The van der Waals surface area contributed by atoms with Crippen LogP contribution >= 0.6 is 11.3 Å². The van der Waals surface area contributed by atoms with Crippen molar-refractivity contribution in [2.24, 2.45) is 0 Å². The van der Waals surface area contributed by atoms with Crippen molar-refractivity contribution >= 4 is 34.3 Å². The second-order valence-corrected chi connectivity index (χ2v) is 9.08. The van der Waals surface area contributed by atoms with Crippen LogP contribution in [-0.4, -0.2) is 43.2 Å². The number of hydrogen-bond donors (Lipinski definition) is 2. The summed E-state index contributed by atoms with van der Waals surface area (Å²) in [5, 5.41) is 8.75. The van der Waals surface area contributed by atoms with Gasteiger partial charge in [0, 0.05) is 29.7 Å². The van der Waals surface area contributed by atoms with Gasteiger partial charge in [0.2, 0.25) is 5.91 Å². The van der Waals surface area contributed by atoms with Crippen molar-refractivity contribution in [2.45, 2.75) is 26.1 Å². The Morgan fingerprint density at radius 1 is 1.18 bits per heavy atom. The Morgan fingerprint density at radius 2 is 1.94 bits per heavy atom. The Hall–Kier alpha value is -3.11. The molecule has 4 rings (SSSR count). The zero-order valence-electron chi connectivity index (χ0n) is 18.8. The Kier molecular flexibility index (Phi) is 7.08. The van der Waals surface area contributed by atoms with Crippen molar-refractivity contribution in [1.29, 1.82) is 0 Å². The second kappa shape index (κ2) is 10.0. The number of carbonyl (C=O) groups excluding carboxylic acids is 1. The minimum atomic E-state index is -4.51. The van der Waals surface area contributed by atoms with E-state index < -0.39 is 23.7 Å². The molecule has 1 saturated heterocycles. The number of anilines is 3. The van der Waals surface area contributed by atoms with Crippen molar-refractivity contribution in [3.8, 4) is 11.3 Å². The summed E-state index contributed by atoms with van der Waals surface area (Å²) in [5.41, 5.74) is 2.33. The molecular weight excluding hydrogens is 465 g/mol. The summed E-state index contributed by atoms with van der Waals surface area (Å²) in [6, 6.07) is 10.2. The van der Waals surface area contributed by atoms with E-state index >= 15 is 0 Å². The number of hydrogen-bond acceptors (Lipinski definition) is 6. The molecule has 10 heteroatoms. The van der Waals surface area contributed by atoms with Crippen LogP contribution in [0.15, 0.2) is 47.8 Å². The van der Waals surface area contributed by atoms with E-state index in [1.165, 1.54) is 6.07 Å². The van der Waals surface area contributed by atoms with Crippen LogP contribution in [0.5, 0.6) is 0 Å². The number of amides is 1. The zero-order chi connectivity index (χ0) is 24.3. The molecule has 2 aromatic carbocycles. The van der Waals surface area contributed by atoms with E-state index in [9.17, 15) is 18.0 Å². The molecule has 1 aromatic heterocycles. The van der Waals surface area contributed by atoms with Crippen LogP contribution in [0.2, 0.25) is 0 Å². The predicted molar refractivity (Wildman–Crippen MR) is 128 cm³/mol. The van der Waals surface area contributed by atoms with Gasteiger partial charge in [-0.05, 0) is 44.2 Å². The average molecular weight is 491 g/mol. The lowest BCUT2D eigenvalue weighted by molar-refractivity contribution is -0.137. The van der Waals surface area contributed by atoms with E-state index in [4.69, 9.17) is 4.74 Å². The highest BCUT2D eigenvalue weighted by Gasteiger charge is 2.32. The Balaban J connectivity index is 1.52. The molecule has 1 amide bonds. The monoisotopic (exact) mass is 490 g/mol. The van der Waals surface area contributed by atoms with Crippen molar-refractivity contribution in [2.75, 3.05) is 41.8 Å². The number of nitrogens with zero attached hydrogens (tertiary/aromatic N) is 2. The number of thiazole rings is 1. The minimum absolute atomic E-state index is 0.127. The smallest absolute Gasteiger partial charge is 0.378 e. The van der Waals surface area contributed by atoms with Crippen molar-refractivity contribution in [3.63, 3.8) is 0 Å². The molecule has 0 aliphatic carbocycles. The summed E-state index contributed by atoms with van der Waals surface area (Å²) in [7, 11) is 0. The van der Waals surface area contributed by atoms with E-state index in [0.29, 0.717) is 37.7 Å². The van der Waals surface area contributed by atoms with E-state index in [1.807, 2.05) is 41.5 Å². The third kappa shape index (κ3) is 5.68. The van der Waals surface area contributed by atoms with Gasteiger partial charge in [0.1, 0.15) is 6.04 Å². The van der Waals surface area contributed by atoms with Gasteiger partial charge >= 0.3 is 6.18 Å². The van der Waals surface area contributed by atoms with E-state index in [0.717, 1.165) is 28.4 Å². The molecule has 2 N–H and O–H groups in total. The van der Waals surface area contributed by atoms with Crippen LogP contribution in [0.1, 0.15) is 17.5 Å². The summed E-state index contributed by atoms with van der Waals surface area (Å²) >= 11 is 1.55. The van der Waals surface area contributed by atoms with Crippen LogP contribution in [0, 0.1) is 6.92 Å². The largest absolute Gasteiger partial charge is 0.416 e. The maximum absolute atomic E-state index is 13.3. The molecule has 0 radical (unpaired) electrons. The van der Waals surface area contributed by atoms with Gasteiger partial charge in [0.05, 0.1) is 40.9 Å². The van der Waals surface area contributed by atoms with E-state index in [1.54, 1.807) is 18.3 Å². The first-order chi connectivity index (χ1) is 16.2. The number of benzene rings is 2. The van der Waals surface area contributed by atoms with Gasteiger partial charge < -0.3 is 20.3 Å². The maximum atomic E-state index is 13.3. The quantitative estimate of drug-likeness (QED) is 0.484. The Labute approximate surface area is 199 Å². The summed E-state index contributed by atoms with van der Waals surface area (Å²) in [4.78, 5) is 19.4. The van der Waals surface area contributed by atoms with Gasteiger partial charge in [-0.15, -0.1) is 11.3 Å². The fourth-order valence-corrected chi connectivity index (χ4v) is 4.34. The standard InChI is InChI=1S/C24H25F3N4O2S/c1-15(28-19-5-3-4-17(12-19)21-14-34-16(2)29-21)23(32)30-20-13-18(24(25,26)27)6-7-22(20)31-8-10-33-11-9-31/h3-7,12-15,28H,8-11H2,1-2H3,(H,30,32). The number of morpholine rings is 1. The molecular formula is C24H25F3N4O2S. The van der Waals surface area contributed by atoms with Gasteiger partial charge in [-0.1, -0.05) is 12.1 Å². The summed E-state index contributed by atoms with van der Waals surface area (Å²) in [5.74, 6) is -0.441. The molecule has 34 heavy (non-hydrogen) atoms. The normalized spacial score (nSPS) is 15.1. The number of aryl methyl sites for hydroxylation is 1. The number of aromatic nitrogens is 1. The van der Waals surface area contributed by atoms with Gasteiger partial charge in [0.25, 0.3) is 0 Å². The molecule has 0 saturated carbocycles. The number of alkyl halides is 3. The van der Waals surface area contributed by atoms with Crippen LogP contribution in [0.4, 0.5) is 30.2 Å². The van der Waals surface area contributed by atoms with Crippen LogP contribution in [0.25, 0.3) is 11.3 Å². The zero-order valence-corrected chi connectivity index (χ0v) is 19.6. The van der Waals surface area contributed by atoms with E-state index in [2.05, 4.69) is 15.6 Å². The second-order valence-electron chi connectivity index (χ2n) is 8.02. The lowest BCUT2D eigenvalue weighted by Gasteiger charge is -2.31. The molecule has 1 aliphatic heterocycles. The van der Waals surface area contributed by atoms with Crippen LogP contribution in [0.3, 0.4) is 0 Å². The number of nitrogens with one attached hydrogen (secondary N) is 2. The molecule has 3 aromatic rings. The molecule has 1 aliphatic rings. The predicted octanol–water partition coefficient (Wildman–Crippen LogP) is 5.41. The van der Waals surface area contributed by atoms with Gasteiger partial charge in [-0.2, -0.15) is 13.2 Å². The molecule has 1 unspecified atom stereocenters. The third-order valence-electron chi connectivity index (χ3n) is 5.49. The van der Waals surface area contributed by atoms with Crippen LogP contribution in [-0.2, 0) is 15.7 Å². The molecule has 0 bridgehead atoms. The van der Waals surface area contributed by atoms with E-state index in [-0.39, 0.29) is 5.69 Å². The van der Waals surface area contributed by atoms with Crippen LogP contribution < -0.4 is 15.5 Å². The summed E-state index contributed by atoms with van der Waals surface area (Å²) < 4.78 is 45.4.